The minimum Gasteiger partial charge on any atom is -0.207 e. The van der Waals surface area contributed by atoms with Gasteiger partial charge in [-0.1, -0.05) is 12.1 Å². The molecular formula is C15H13FN2O2S. The number of nitriles is 1. The summed E-state index contributed by atoms with van der Waals surface area (Å²) in [5, 5.41) is 8.68. The van der Waals surface area contributed by atoms with Gasteiger partial charge in [0.2, 0.25) is 10.0 Å². The molecule has 0 heterocycles. The predicted octanol–water partition coefficient (Wildman–Crippen LogP) is 2.48. The van der Waals surface area contributed by atoms with Gasteiger partial charge in [-0.05, 0) is 48.4 Å². The Balaban J connectivity index is 2.13. The van der Waals surface area contributed by atoms with Gasteiger partial charge in [0.15, 0.2) is 0 Å². The van der Waals surface area contributed by atoms with E-state index in [2.05, 4.69) is 4.72 Å². The van der Waals surface area contributed by atoms with Crippen LogP contribution in [0.15, 0.2) is 47.4 Å². The molecule has 0 fully saturated rings. The summed E-state index contributed by atoms with van der Waals surface area (Å²) in [5.41, 5.74) is 1.43. The third-order valence-electron chi connectivity index (χ3n) is 3.00. The van der Waals surface area contributed by atoms with Crippen molar-refractivity contribution < 1.29 is 12.8 Å². The smallest absolute Gasteiger partial charge is 0.207 e. The molecule has 0 unspecified atom stereocenters. The van der Waals surface area contributed by atoms with Crippen LogP contribution >= 0.6 is 0 Å². The van der Waals surface area contributed by atoms with Crippen LogP contribution in [0, 0.1) is 24.1 Å². The minimum absolute atomic E-state index is 0.000462. The van der Waals surface area contributed by atoms with E-state index in [4.69, 9.17) is 5.26 Å². The average Bonchev–Trinajstić information content (AvgIpc) is 2.48. The lowest BCUT2D eigenvalue weighted by Crippen LogP contribution is -2.23. The molecule has 0 spiro atoms. The number of sulfonamides is 1. The van der Waals surface area contributed by atoms with Gasteiger partial charge in [-0.25, -0.2) is 17.5 Å². The van der Waals surface area contributed by atoms with Gasteiger partial charge in [0.25, 0.3) is 0 Å². The fourth-order valence-corrected chi connectivity index (χ4v) is 2.73. The monoisotopic (exact) mass is 304 g/mol. The van der Waals surface area contributed by atoms with Crippen LogP contribution in [0.4, 0.5) is 4.39 Å². The lowest BCUT2D eigenvalue weighted by Gasteiger charge is -2.07. The number of nitrogens with one attached hydrogen (secondary N) is 1. The van der Waals surface area contributed by atoms with Crippen LogP contribution in [0.2, 0.25) is 0 Å². The van der Waals surface area contributed by atoms with Gasteiger partial charge in [-0.2, -0.15) is 5.26 Å². The standard InChI is InChI=1S/C15H13FN2O2S/c1-11-2-3-13(8-15(11)16)10-18-21(19,20)14-6-4-12(9-17)5-7-14/h2-8,18H,10H2,1H3. The summed E-state index contributed by atoms with van der Waals surface area (Å²) < 4.78 is 39.9. The van der Waals surface area contributed by atoms with Crippen molar-refractivity contribution >= 4 is 10.0 Å². The fourth-order valence-electron chi connectivity index (χ4n) is 1.72. The normalized spacial score (nSPS) is 11.1. The van der Waals surface area contributed by atoms with Gasteiger partial charge in [-0.3, -0.25) is 0 Å². The molecule has 2 aromatic carbocycles. The zero-order valence-electron chi connectivity index (χ0n) is 11.3. The quantitative estimate of drug-likeness (QED) is 0.943. The first-order valence-electron chi connectivity index (χ1n) is 6.17. The molecular weight excluding hydrogens is 291 g/mol. The molecule has 2 aromatic rings. The second-order valence-corrected chi connectivity index (χ2v) is 6.31. The van der Waals surface area contributed by atoms with E-state index in [0.717, 1.165) is 0 Å². The van der Waals surface area contributed by atoms with E-state index in [1.807, 2.05) is 6.07 Å². The van der Waals surface area contributed by atoms with E-state index >= 15 is 0 Å². The number of hydrogen-bond donors (Lipinski definition) is 1. The van der Waals surface area contributed by atoms with Crippen molar-refractivity contribution in [1.29, 1.82) is 5.26 Å². The van der Waals surface area contributed by atoms with E-state index in [1.54, 1.807) is 19.1 Å². The molecule has 1 N–H and O–H groups in total. The summed E-state index contributed by atoms with van der Waals surface area (Å²) in [7, 11) is -3.69. The first-order chi connectivity index (χ1) is 9.92. The van der Waals surface area contributed by atoms with E-state index in [0.29, 0.717) is 16.7 Å². The molecule has 6 heteroatoms. The Morgan fingerprint density at radius 2 is 1.86 bits per heavy atom. The third kappa shape index (κ3) is 3.66. The molecule has 4 nitrogen and oxygen atoms in total. The third-order valence-corrected chi connectivity index (χ3v) is 4.41. The Morgan fingerprint density at radius 3 is 2.43 bits per heavy atom. The van der Waals surface area contributed by atoms with Crippen LogP contribution in [0.25, 0.3) is 0 Å². The van der Waals surface area contributed by atoms with Crippen molar-refractivity contribution in [2.75, 3.05) is 0 Å². The molecule has 0 radical (unpaired) electrons. The Morgan fingerprint density at radius 1 is 1.19 bits per heavy atom. The number of benzene rings is 2. The van der Waals surface area contributed by atoms with Gasteiger partial charge in [0.1, 0.15) is 5.82 Å². The Hall–Kier alpha value is -2.23. The molecule has 0 aliphatic heterocycles. The van der Waals surface area contributed by atoms with Gasteiger partial charge in [0.05, 0.1) is 16.5 Å². The predicted molar refractivity (Wildman–Crippen MR) is 76.3 cm³/mol. The Kier molecular flexibility index (Phi) is 4.36. The zero-order valence-corrected chi connectivity index (χ0v) is 12.1. The second kappa shape index (κ2) is 6.04. The van der Waals surface area contributed by atoms with Gasteiger partial charge in [-0.15, -0.1) is 0 Å². The fraction of sp³-hybridized carbons (Fsp3) is 0.133. The van der Waals surface area contributed by atoms with Crippen LogP contribution < -0.4 is 4.72 Å². The molecule has 0 saturated carbocycles. The maximum Gasteiger partial charge on any atom is 0.240 e. The summed E-state index contributed by atoms with van der Waals surface area (Å²) in [4.78, 5) is 0.0640. The molecule has 0 saturated heterocycles. The summed E-state index contributed by atoms with van der Waals surface area (Å²) >= 11 is 0. The maximum atomic E-state index is 13.4. The van der Waals surface area contributed by atoms with Crippen molar-refractivity contribution in [2.45, 2.75) is 18.4 Å². The van der Waals surface area contributed by atoms with Crippen molar-refractivity contribution in [1.82, 2.24) is 4.72 Å². The highest BCUT2D eigenvalue weighted by atomic mass is 32.2. The maximum absolute atomic E-state index is 13.4. The molecule has 21 heavy (non-hydrogen) atoms. The van der Waals surface area contributed by atoms with Crippen molar-refractivity contribution in [2.24, 2.45) is 0 Å². The summed E-state index contributed by atoms with van der Waals surface area (Å²) in [6.07, 6.45) is 0. The van der Waals surface area contributed by atoms with E-state index in [1.165, 1.54) is 30.3 Å². The number of halogens is 1. The first kappa shape index (κ1) is 15.2. The van der Waals surface area contributed by atoms with Crippen LogP contribution in [-0.4, -0.2) is 8.42 Å². The zero-order chi connectivity index (χ0) is 15.5. The number of aryl methyl sites for hydroxylation is 1. The molecule has 0 aromatic heterocycles. The summed E-state index contributed by atoms with van der Waals surface area (Å²) in [5.74, 6) is -0.370. The second-order valence-electron chi connectivity index (χ2n) is 4.54. The summed E-state index contributed by atoms with van der Waals surface area (Å²) in [6, 6.07) is 12.1. The lowest BCUT2D eigenvalue weighted by atomic mass is 10.1. The molecule has 0 amide bonds. The van der Waals surface area contributed by atoms with E-state index < -0.39 is 10.0 Å². The topological polar surface area (TPSA) is 70.0 Å². The van der Waals surface area contributed by atoms with Crippen molar-refractivity contribution in [3.05, 3.63) is 65.0 Å². The van der Waals surface area contributed by atoms with Gasteiger partial charge >= 0.3 is 0 Å². The molecule has 108 valence electrons. The van der Waals surface area contributed by atoms with Crippen molar-refractivity contribution in [3.8, 4) is 6.07 Å². The van der Waals surface area contributed by atoms with E-state index in [9.17, 15) is 12.8 Å². The van der Waals surface area contributed by atoms with Crippen molar-refractivity contribution in [3.63, 3.8) is 0 Å². The summed E-state index contributed by atoms with van der Waals surface area (Å²) in [6.45, 7) is 1.64. The lowest BCUT2D eigenvalue weighted by molar-refractivity contribution is 0.580. The largest absolute Gasteiger partial charge is 0.240 e. The van der Waals surface area contributed by atoms with Gasteiger partial charge in [0, 0.05) is 6.54 Å². The Labute approximate surface area is 122 Å². The van der Waals surface area contributed by atoms with Crippen LogP contribution in [0.1, 0.15) is 16.7 Å². The highest BCUT2D eigenvalue weighted by Gasteiger charge is 2.13. The highest BCUT2D eigenvalue weighted by molar-refractivity contribution is 7.89. The van der Waals surface area contributed by atoms with E-state index in [-0.39, 0.29) is 17.3 Å². The number of hydrogen-bond acceptors (Lipinski definition) is 3. The SMILES string of the molecule is Cc1ccc(CNS(=O)(=O)c2ccc(C#N)cc2)cc1F. The molecule has 0 atom stereocenters. The van der Waals surface area contributed by atoms with Gasteiger partial charge < -0.3 is 0 Å². The number of rotatable bonds is 4. The molecule has 0 bridgehead atoms. The van der Waals surface area contributed by atoms with Crippen LogP contribution in [0.3, 0.4) is 0 Å². The first-order valence-corrected chi connectivity index (χ1v) is 7.65. The highest BCUT2D eigenvalue weighted by Crippen LogP contribution is 2.12. The Bertz CT molecular complexity index is 793. The molecule has 0 aliphatic rings. The molecule has 0 aliphatic carbocycles. The average molecular weight is 304 g/mol. The molecule has 2 rings (SSSR count). The van der Waals surface area contributed by atoms with Crippen LogP contribution in [0.5, 0.6) is 0 Å². The number of nitrogens with zero attached hydrogens (tertiary/aromatic N) is 1. The minimum atomic E-state index is -3.69. The van der Waals surface area contributed by atoms with Crippen LogP contribution in [-0.2, 0) is 16.6 Å².